The highest BCUT2D eigenvalue weighted by Crippen LogP contribution is 2.54. The first-order chi connectivity index (χ1) is 18.2. The zero-order chi connectivity index (χ0) is 31.9. The number of alkyl halides is 13. The molecule has 41 heavy (non-hydrogen) atoms. The van der Waals surface area contributed by atoms with Crippen LogP contribution in [-0.4, -0.2) is 42.1 Å². The third kappa shape index (κ3) is 7.65. The molecule has 0 aliphatic rings. The van der Waals surface area contributed by atoms with Gasteiger partial charge in [0.25, 0.3) is 5.91 Å². The lowest BCUT2D eigenvalue weighted by atomic mass is 10.1. The molecule has 0 bridgehead atoms. The van der Waals surface area contributed by atoms with Crippen molar-refractivity contribution in [2.75, 3.05) is 5.32 Å². The van der Waals surface area contributed by atoms with Gasteiger partial charge in [-0.2, -0.15) is 43.9 Å². The molecule has 0 aliphatic carbocycles. The number of nitrogens with one attached hydrogen (secondary N) is 1. The predicted octanol–water partition coefficient (Wildman–Crippen LogP) is 8.19. The Labute approximate surface area is 226 Å². The van der Waals surface area contributed by atoms with Crippen LogP contribution in [0.3, 0.4) is 0 Å². The van der Waals surface area contributed by atoms with E-state index in [0.29, 0.717) is 11.1 Å². The Kier molecular flexibility index (Phi) is 9.19. The molecule has 0 saturated heterocycles. The van der Waals surface area contributed by atoms with E-state index in [1.165, 1.54) is 38.1 Å². The monoisotopic (exact) mass is 639 g/mol. The molecule has 0 heterocycles. The van der Waals surface area contributed by atoms with Crippen molar-refractivity contribution in [3.05, 3.63) is 59.1 Å². The maximum Gasteiger partial charge on any atom is 0.527 e. The zero-order valence-corrected chi connectivity index (χ0v) is 20.8. The highest BCUT2D eigenvalue weighted by Gasteiger charge is 2.80. The summed E-state index contributed by atoms with van der Waals surface area (Å²) in [7, 11) is 0. The van der Waals surface area contributed by atoms with Crippen LogP contribution in [0.5, 0.6) is 5.75 Å². The Bertz CT molecular complexity index is 1230. The number of anilines is 1. The lowest BCUT2D eigenvalue weighted by Gasteiger charge is -2.35. The summed E-state index contributed by atoms with van der Waals surface area (Å²) in [5, 5.41) is 2.30. The minimum Gasteiger partial charge on any atom is -0.478 e. The molecule has 230 valence electrons. The molecule has 0 radical (unpaired) electrons. The lowest BCUT2D eigenvalue weighted by Crippen LogP contribution is -2.61. The highest BCUT2D eigenvalue weighted by molar-refractivity contribution is 6.30. The van der Waals surface area contributed by atoms with Gasteiger partial charge in [-0.05, 0) is 50.2 Å². The van der Waals surface area contributed by atoms with Crippen molar-refractivity contribution in [2.24, 2.45) is 0 Å². The average Bonchev–Trinajstić information content (AvgIpc) is 2.78. The van der Waals surface area contributed by atoms with Crippen molar-refractivity contribution in [2.45, 2.75) is 56.0 Å². The van der Waals surface area contributed by atoms with Crippen LogP contribution in [0.1, 0.15) is 19.4 Å². The standard InChI is InChI=1S/C22H15ClF13NO4/c1-16(2,39-14-8-6-12(23)7-9-14)15(38)37-13-5-3-4-11(10-13)17(24,25)19(28,29)40-20(30,31)18(26,27)21(32,33)41-22(34,35)36/h3-10H,1-2H3,(H,37,38). The fourth-order valence-corrected chi connectivity index (χ4v) is 2.88. The second kappa shape index (κ2) is 11.0. The van der Waals surface area contributed by atoms with E-state index in [1.807, 2.05) is 10.1 Å². The molecule has 2 aromatic carbocycles. The summed E-state index contributed by atoms with van der Waals surface area (Å²) in [6, 6.07) is 7.08. The quantitative estimate of drug-likeness (QED) is 0.252. The number of carbonyl (C=O) groups is 1. The summed E-state index contributed by atoms with van der Waals surface area (Å²) in [4.78, 5) is 12.6. The topological polar surface area (TPSA) is 56.8 Å². The normalized spacial score (nSPS) is 14.1. The fraction of sp³-hybridized carbons (Fsp3) is 0.409. The zero-order valence-electron chi connectivity index (χ0n) is 20.0. The molecule has 0 spiro atoms. The molecular weight excluding hydrogens is 625 g/mol. The van der Waals surface area contributed by atoms with E-state index in [0.717, 1.165) is 6.07 Å². The number of carbonyl (C=O) groups excluding carboxylic acids is 1. The van der Waals surface area contributed by atoms with E-state index >= 15 is 0 Å². The lowest BCUT2D eigenvalue weighted by molar-refractivity contribution is -0.535. The van der Waals surface area contributed by atoms with E-state index in [9.17, 15) is 61.9 Å². The van der Waals surface area contributed by atoms with Gasteiger partial charge < -0.3 is 10.1 Å². The van der Waals surface area contributed by atoms with Crippen LogP contribution in [0.2, 0.25) is 5.02 Å². The van der Waals surface area contributed by atoms with Crippen LogP contribution in [-0.2, 0) is 20.2 Å². The molecule has 0 fully saturated rings. The third-order valence-corrected chi connectivity index (χ3v) is 5.07. The van der Waals surface area contributed by atoms with E-state index in [1.54, 1.807) is 4.74 Å². The number of rotatable bonds is 11. The van der Waals surface area contributed by atoms with Crippen LogP contribution in [0.4, 0.5) is 62.8 Å². The minimum atomic E-state index is -7.54. The summed E-state index contributed by atoms with van der Waals surface area (Å²) >= 11 is 5.72. The van der Waals surface area contributed by atoms with E-state index in [4.69, 9.17) is 16.3 Å². The Balaban J connectivity index is 2.29. The van der Waals surface area contributed by atoms with Crippen molar-refractivity contribution < 1.29 is 76.1 Å². The van der Waals surface area contributed by atoms with Gasteiger partial charge in [0.1, 0.15) is 5.75 Å². The molecule has 19 heteroatoms. The van der Waals surface area contributed by atoms with Gasteiger partial charge in [-0.1, -0.05) is 23.7 Å². The first kappa shape index (κ1) is 34.2. The number of benzene rings is 2. The highest BCUT2D eigenvalue weighted by atomic mass is 35.5. The Hall–Kier alpha value is -2.99. The summed E-state index contributed by atoms with van der Waals surface area (Å²) in [5.41, 5.74) is -4.44. The molecule has 0 aromatic heterocycles. The third-order valence-electron chi connectivity index (χ3n) is 4.81. The van der Waals surface area contributed by atoms with Crippen molar-refractivity contribution in [3.8, 4) is 5.75 Å². The molecule has 2 rings (SSSR count). The maximum atomic E-state index is 14.5. The van der Waals surface area contributed by atoms with Gasteiger partial charge in [0.2, 0.25) is 0 Å². The smallest absolute Gasteiger partial charge is 0.478 e. The maximum absolute atomic E-state index is 14.5. The minimum absolute atomic E-state index is 0.0607. The van der Waals surface area contributed by atoms with Gasteiger partial charge in [-0.25, -0.2) is 9.47 Å². The molecule has 5 nitrogen and oxygen atoms in total. The molecule has 0 aliphatic heterocycles. The summed E-state index contributed by atoms with van der Waals surface area (Å²) in [6.45, 7) is 2.38. The predicted molar refractivity (Wildman–Crippen MR) is 113 cm³/mol. The van der Waals surface area contributed by atoms with E-state index in [-0.39, 0.29) is 17.9 Å². The van der Waals surface area contributed by atoms with Crippen LogP contribution in [0.25, 0.3) is 0 Å². The number of halogens is 14. The fourth-order valence-electron chi connectivity index (χ4n) is 2.75. The molecule has 2 aromatic rings. The van der Waals surface area contributed by atoms with Crippen molar-refractivity contribution in [3.63, 3.8) is 0 Å². The molecule has 1 amide bonds. The van der Waals surface area contributed by atoms with Gasteiger partial charge in [0.05, 0.1) is 0 Å². The summed E-state index contributed by atoms with van der Waals surface area (Å²) < 4.78 is 182. The number of amides is 1. The number of hydrogen-bond acceptors (Lipinski definition) is 4. The Morgan fingerprint density at radius 3 is 1.76 bits per heavy atom. The van der Waals surface area contributed by atoms with Gasteiger partial charge in [-0.15, -0.1) is 13.2 Å². The van der Waals surface area contributed by atoms with Crippen LogP contribution < -0.4 is 10.1 Å². The molecule has 0 unspecified atom stereocenters. The van der Waals surface area contributed by atoms with Crippen LogP contribution in [0.15, 0.2) is 48.5 Å². The van der Waals surface area contributed by atoms with Crippen molar-refractivity contribution >= 4 is 23.2 Å². The average molecular weight is 640 g/mol. The van der Waals surface area contributed by atoms with Gasteiger partial charge in [-0.3, -0.25) is 4.79 Å². The molecular formula is C22H15ClF13NO4. The molecule has 1 N–H and O–H groups in total. The van der Waals surface area contributed by atoms with Crippen molar-refractivity contribution in [1.29, 1.82) is 0 Å². The van der Waals surface area contributed by atoms with Gasteiger partial charge >= 0.3 is 36.5 Å². The SMILES string of the molecule is CC(C)(Oc1ccc(Cl)cc1)C(=O)Nc1cccc(C(F)(F)C(F)(F)OC(F)(F)C(F)(F)C(F)(F)OC(F)(F)F)c1. The van der Waals surface area contributed by atoms with Gasteiger partial charge in [0, 0.05) is 16.3 Å². The van der Waals surface area contributed by atoms with Gasteiger partial charge in [0.15, 0.2) is 5.60 Å². The number of hydrogen-bond donors (Lipinski definition) is 1. The van der Waals surface area contributed by atoms with Crippen LogP contribution in [0, 0.1) is 0 Å². The van der Waals surface area contributed by atoms with E-state index < -0.39 is 59.3 Å². The Morgan fingerprint density at radius 2 is 1.24 bits per heavy atom. The summed E-state index contributed by atoms with van der Waals surface area (Å²) in [5.74, 6) is -14.5. The largest absolute Gasteiger partial charge is 0.527 e. The second-order valence-corrected chi connectivity index (χ2v) is 8.89. The molecule has 0 atom stereocenters. The first-order valence-corrected chi connectivity index (χ1v) is 10.8. The second-order valence-electron chi connectivity index (χ2n) is 8.45. The van der Waals surface area contributed by atoms with Crippen LogP contribution >= 0.6 is 11.6 Å². The van der Waals surface area contributed by atoms with Crippen molar-refractivity contribution in [1.82, 2.24) is 0 Å². The first-order valence-electron chi connectivity index (χ1n) is 10.5. The van der Waals surface area contributed by atoms with E-state index in [2.05, 4.69) is 0 Å². The number of ether oxygens (including phenoxy) is 3. The summed E-state index contributed by atoms with van der Waals surface area (Å²) in [6.07, 6.45) is -28.0. The molecule has 0 saturated carbocycles. The Morgan fingerprint density at radius 1 is 0.732 bits per heavy atom.